The number of hydrogen-bond acceptors (Lipinski definition) is 2. The topological polar surface area (TPSA) is 12.5 Å². The summed E-state index contributed by atoms with van der Waals surface area (Å²) in [6.45, 7) is 4.04. The molecule has 0 aromatic heterocycles. The first-order chi connectivity index (χ1) is 6.55. The average Bonchev–Trinajstić information content (AvgIpc) is 2.14. The number of halogens is 3. The van der Waals surface area contributed by atoms with E-state index in [2.05, 4.69) is 11.3 Å². The van der Waals surface area contributed by atoms with Crippen LogP contribution in [0.3, 0.4) is 0 Å². The molecule has 1 rings (SSSR count). The second kappa shape index (κ2) is 4.68. The number of ether oxygens (including phenoxy) is 1. The number of alkyl halides is 3. The molecule has 0 N–H and O–H groups in total. The highest BCUT2D eigenvalue weighted by molar-refractivity contribution is 4.75. The second-order valence-corrected chi connectivity index (χ2v) is 3.29. The first kappa shape index (κ1) is 11.4. The fourth-order valence-electron chi connectivity index (χ4n) is 1.61. The van der Waals surface area contributed by atoms with Gasteiger partial charge in [0, 0.05) is 13.1 Å². The standard InChI is InChI=1S/C9H14F3NO/c1-2-14-8(9(10,11)12)13-6-4-3-5-7-13/h2,8H,1,3-7H2. The van der Waals surface area contributed by atoms with Crippen LogP contribution in [0.2, 0.25) is 0 Å². The zero-order valence-electron chi connectivity index (χ0n) is 7.89. The zero-order valence-corrected chi connectivity index (χ0v) is 7.89. The van der Waals surface area contributed by atoms with Crippen LogP contribution in [0, 0.1) is 0 Å². The Balaban J connectivity index is 2.60. The van der Waals surface area contributed by atoms with Crippen LogP contribution in [0.15, 0.2) is 12.8 Å². The van der Waals surface area contributed by atoms with Crippen molar-refractivity contribution in [2.24, 2.45) is 0 Å². The summed E-state index contributed by atoms with van der Waals surface area (Å²) in [7, 11) is 0. The smallest absolute Gasteiger partial charge is 0.439 e. The molecule has 1 saturated heterocycles. The maximum atomic E-state index is 12.5. The molecular formula is C9H14F3NO. The second-order valence-electron chi connectivity index (χ2n) is 3.29. The van der Waals surface area contributed by atoms with Crippen LogP contribution in [0.5, 0.6) is 0 Å². The van der Waals surface area contributed by atoms with Gasteiger partial charge < -0.3 is 4.74 Å². The molecule has 1 heterocycles. The Bertz CT molecular complexity index is 187. The van der Waals surface area contributed by atoms with E-state index in [0.29, 0.717) is 13.1 Å². The maximum absolute atomic E-state index is 12.5. The van der Waals surface area contributed by atoms with Crippen molar-refractivity contribution in [3.8, 4) is 0 Å². The first-order valence-electron chi connectivity index (χ1n) is 4.63. The third-order valence-corrected chi connectivity index (χ3v) is 2.23. The van der Waals surface area contributed by atoms with Gasteiger partial charge in [-0.3, -0.25) is 4.90 Å². The van der Waals surface area contributed by atoms with E-state index < -0.39 is 12.4 Å². The van der Waals surface area contributed by atoms with E-state index >= 15 is 0 Å². The van der Waals surface area contributed by atoms with Gasteiger partial charge in [0.05, 0.1) is 6.26 Å². The van der Waals surface area contributed by atoms with Crippen molar-refractivity contribution in [2.75, 3.05) is 13.1 Å². The summed E-state index contributed by atoms with van der Waals surface area (Å²) < 4.78 is 41.9. The van der Waals surface area contributed by atoms with E-state index in [1.54, 1.807) is 0 Å². The number of nitrogens with zero attached hydrogens (tertiary/aromatic N) is 1. The molecule has 0 aromatic rings. The summed E-state index contributed by atoms with van der Waals surface area (Å²) in [5.41, 5.74) is 0. The van der Waals surface area contributed by atoms with Crippen LogP contribution in [-0.4, -0.2) is 30.4 Å². The fourth-order valence-corrected chi connectivity index (χ4v) is 1.61. The SMILES string of the molecule is C=COC(N1CCCCC1)C(F)(F)F. The Kier molecular flexibility index (Phi) is 3.80. The molecule has 0 amide bonds. The van der Waals surface area contributed by atoms with Crippen molar-refractivity contribution in [3.05, 3.63) is 12.8 Å². The number of likely N-dealkylation sites (tertiary alicyclic amines) is 1. The van der Waals surface area contributed by atoms with Gasteiger partial charge >= 0.3 is 6.18 Å². The molecule has 2 nitrogen and oxygen atoms in total. The van der Waals surface area contributed by atoms with E-state index in [-0.39, 0.29) is 0 Å². The predicted molar refractivity (Wildman–Crippen MR) is 46.5 cm³/mol. The Labute approximate surface area is 81.3 Å². The van der Waals surface area contributed by atoms with Crippen molar-refractivity contribution in [2.45, 2.75) is 31.7 Å². The van der Waals surface area contributed by atoms with Crippen LogP contribution in [0.4, 0.5) is 13.2 Å². The van der Waals surface area contributed by atoms with Crippen LogP contribution in [0.1, 0.15) is 19.3 Å². The Morgan fingerprint density at radius 2 is 1.79 bits per heavy atom. The highest BCUT2D eigenvalue weighted by atomic mass is 19.4. The predicted octanol–water partition coefficient (Wildman–Crippen LogP) is 2.52. The molecule has 1 aliphatic rings. The van der Waals surface area contributed by atoms with Gasteiger partial charge in [-0.1, -0.05) is 13.0 Å². The normalized spacial score (nSPS) is 21.6. The monoisotopic (exact) mass is 209 g/mol. The minimum absolute atomic E-state index is 0.442. The third kappa shape index (κ3) is 2.90. The van der Waals surface area contributed by atoms with E-state index in [0.717, 1.165) is 25.5 Å². The van der Waals surface area contributed by atoms with Gasteiger partial charge in [-0.15, -0.1) is 0 Å². The van der Waals surface area contributed by atoms with Crippen molar-refractivity contribution >= 4 is 0 Å². The van der Waals surface area contributed by atoms with Gasteiger partial charge in [0.25, 0.3) is 0 Å². The van der Waals surface area contributed by atoms with Gasteiger partial charge in [0.2, 0.25) is 6.23 Å². The molecule has 1 aliphatic heterocycles. The van der Waals surface area contributed by atoms with Crippen molar-refractivity contribution < 1.29 is 17.9 Å². The van der Waals surface area contributed by atoms with Gasteiger partial charge in [-0.05, 0) is 12.8 Å². The first-order valence-corrected chi connectivity index (χ1v) is 4.63. The summed E-state index contributed by atoms with van der Waals surface area (Å²) >= 11 is 0. The molecule has 1 atom stereocenters. The van der Waals surface area contributed by atoms with Crippen LogP contribution < -0.4 is 0 Å². The molecule has 0 aliphatic carbocycles. The average molecular weight is 209 g/mol. The van der Waals surface area contributed by atoms with Crippen LogP contribution in [-0.2, 0) is 4.74 Å². The molecular weight excluding hydrogens is 195 g/mol. The van der Waals surface area contributed by atoms with Gasteiger partial charge in [-0.25, -0.2) is 0 Å². The molecule has 82 valence electrons. The molecule has 0 saturated carbocycles. The quantitative estimate of drug-likeness (QED) is 0.662. The third-order valence-electron chi connectivity index (χ3n) is 2.23. The van der Waals surface area contributed by atoms with E-state index in [1.165, 1.54) is 4.90 Å². The number of rotatable bonds is 3. The van der Waals surface area contributed by atoms with Gasteiger partial charge in [-0.2, -0.15) is 13.2 Å². The summed E-state index contributed by atoms with van der Waals surface area (Å²) in [5.74, 6) is 0. The summed E-state index contributed by atoms with van der Waals surface area (Å²) in [6.07, 6.45) is -2.71. The minimum atomic E-state index is -4.34. The van der Waals surface area contributed by atoms with E-state index in [4.69, 9.17) is 0 Å². The van der Waals surface area contributed by atoms with E-state index in [9.17, 15) is 13.2 Å². The molecule has 0 aromatic carbocycles. The molecule has 14 heavy (non-hydrogen) atoms. The molecule has 1 unspecified atom stereocenters. The van der Waals surface area contributed by atoms with Crippen molar-refractivity contribution in [1.29, 1.82) is 0 Å². The lowest BCUT2D eigenvalue weighted by molar-refractivity contribution is -0.253. The minimum Gasteiger partial charge on any atom is -0.474 e. The Morgan fingerprint density at radius 3 is 2.21 bits per heavy atom. The molecule has 0 bridgehead atoms. The number of hydrogen-bond donors (Lipinski definition) is 0. The zero-order chi connectivity index (χ0) is 10.6. The fraction of sp³-hybridized carbons (Fsp3) is 0.778. The van der Waals surface area contributed by atoms with Gasteiger partial charge in [0.15, 0.2) is 0 Å². The van der Waals surface area contributed by atoms with E-state index in [1.807, 2.05) is 0 Å². The molecule has 0 spiro atoms. The molecule has 0 radical (unpaired) electrons. The summed E-state index contributed by atoms with van der Waals surface area (Å²) in [6, 6.07) is 0. The van der Waals surface area contributed by atoms with Crippen LogP contribution >= 0.6 is 0 Å². The Morgan fingerprint density at radius 1 is 1.21 bits per heavy atom. The lowest BCUT2D eigenvalue weighted by Gasteiger charge is -2.34. The largest absolute Gasteiger partial charge is 0.474 e. The lowest BCUT2D eigenvalue weighted by atomic mass is 10.1. The van der Waals surface area contributed by atoms with Gasteiger partial charge in [0.1, 0.15) is 0 Å². The number of piperidine rings is 1. The lowest BCUT2D eigenvalue weighted by Crippen LogP contribution is -2.48. The van der Waals surface area contributed by atoms with Crippen molar-refractivity contribution in [3.63, 3.8) is 0 Å². The van der Waals surface area contributed by atoms with Crippen molar-refractivity contribution in [1.82, 2.24) is 4.90 Å². The van der Waals surface area contributed by atoms with Crippen LogP contribution in [0.25, 0.3) is 0 Å². The summed E-state index contributed by atoms with van der Waals surface area (Å²) in [5, 5.41) is 0. The molecule has 1 fully saturated rings. The summed E-state index contributed by atoms with van der Waals surface area (Å²) in [4.78, 5) is 1.31. The highest BCUT2D eigenvalue weighted by Crippen LogP contribution is 2.28. The molecule has 5 heteroatoms. The highest BCUT2D eigenvalue weighted by Gasteiger charge is 2.45. The maximum Gasteiger partial charge on any atom is 0.439 e. The Hall–Kier alpha value is -0.710.